The summed E-state index contributed by atoms with van der Waals surface area (Å²) in [7, 11) is 0. The van der Waals surface area contributed by atoms with Gasteiger partial charge < -0.3 is 15.6 Å². The molecule has 0 bridgehead atoms. The Labute approximate surface area is 173 Å². The fourth-order valence-corrected chi connectivity index (χ4v) is 3.04. The van der Waals surface area contributed by atoms with E-state index in [0.717, 1.165) is 11.0 Å². The Morgan fingerprint density at radius 2 is 1.83 bits per heavy atom. The first-order chi connectivity index (χ1) is 14.3. The maximum absolute atomic E-state index is 12.4. The van der Waals surface area contributed by atoms with E-state index < -0.39 is 10.8 Å². The molecule has 9 heteroatoms. The van der Waals surface area contributed by atoms with Gasteiger partial charge in [-0.15, -0.1) is 0 Å². The zero-order valence-corrected chi connectivity index (χ0v) is 16.7. The van der Waals surface area contributed by atoms with E-state index in [1.54, 1.807) is 0 Å². The number of carbonyl (C=O) groups excluding carboxylic acids is 2. The molecule has 0 aliphatic rings. The number of H-pyrrole nitrogens is 1. The van der Waals surface area contributed by atoms with Crippen molar-refractivity contribution in [2.45, 2.75) is 26.3 Å². The summed E-state index contributed by atoms with van der Waals surface area (Å²) in [5.41, 5.74) is 1.95. The van der Waals surface area contributed by atoms with Crippen LogP contribution in [-0.4, -0.2) is 33.3 Å². The van der Waals surface area contributed by atoms with Crippen molar-refractivity contribution in [3.63, 3.8) is 0 Å². The van der Waals surface area contributed by atoms with Gasteiger partial charge in [0.25, 0.3) is 11.6 Å². The summed E-state index contributed by atoms with van der Waals surface area (Å²) < 4.78 is 0. The van der Waals surface area contributed by atoms with E-state index in [0.29, 0.717) is 11.4 Å². The smallest absolute Gasteiger partial charge is 0.269 e. The summed E-state index contributed by atoms with van der Waals surface area (Å²) in [5, 5.41) is 16.3. The summed E-state index contributed by atoms with van der Waals surface area (Å²) in [6.07, 6.45) is 0.0994. The Kier molecular flexibility index (Phi) is 6.41. The number of rotatable bonds is 8. The number of nitro groups is 1. The molecule has 1 heterocycles. The van der Waals surface area contributed by atoms with Crippen molar-refractivity contribution in [2.24, 2.45) is 5.92 Å². The van der Waals surface area contributed by atoms with Crippen LogP contribution < -0.4 is 10.6 Å². The molecule has 2 amide bonds. The number of non-ortho nitro benzene ring substituents is 1. The van der Waals surface area contributed by atoms with E-state index in [1.165, 1.54) is 24.3 Å². The molecular weight excluding hydrogens is 386 g/mol. The van der Waals surface area contributed by atoms with E-state index in [9.17, 15) is 19.7 Å². The Morgan fingerprint density at radius 3 is 2.47 bits per heavy atom. The molecule has 9 nitrogen and oxygen atoms in total. The number of hydrogen-bond donors (Lipinski definition) is 3. The number of benzene rings is 2. The standard InChI is InChI=1S/C21H23N5O4/c1-13(2)19(20-23-16-5-3-4-6-17(16)24-20)25-18(27)11-12-22-21(28)14-7-9-15(10-8-14)26(29)30/h3-10,13,19H,11-12H2,1-2H3,(H,22,28)(H,23,24)(H,25,27). The Hall–Kier alpha value is -3.75. The summed E-state index contributed by atoms with van der Waals surface area (Å²) in [4.78, 5) is 42.5. The summed E-state index contributed by atoms with van der Waals surface area (Å²) >= 11 is 0. The fraction of sp³-hybridized carbons (Fsp3) is 0.286. The number of nitrogens with one attached hydrogen (secondary N) is 3. The summed E-state index contributed by atoms with van der Waals surface area (Å²) in [6, 6.07) is 12.7. The van der Waals surface area contributed by atoms with Gasteiger partial charge in [0.1, 0.15) is 5.82 Å². The lowest BCUT2D eigenvalue weighted by Gasteiger charge is -2.20. The molecule has 30 heavy (non-hydrogen) atoms. The lowest BCUT2D eigenvalue weighted by Crippen LogP contribution is -2.35. The molecular formula is C21H23N5O4. The van der Waals surface area contributed by atoms with Gasteiger partial charge in [-0.2, -0.15) is 0 Å². The predicted molar refractivity (Wildman–Crippen MR) is 112 cm³/mol. The third-order valence-corrected chi connectivity index (χ3v) is 4.66. The average molecular weight is 409 g/mol. The summed E-state index contributed by atoms with van der Waals surface area (Å²) in [5.74, 6) is 0.201. The molecule has 0 saturated carbocycles. The predicted octanol–water partition coefficient (Wildman–Crippen LogP) is 3.10. The third kappa shape index (κ3) is 4.99. The van der Waals surface area contributed by atoms with Crippen LogP contribution in [-0.2, 0) is 4.79 Å². The molecule has 2 aromatic carbocycles. The Morgan fingerprint density at radius 1 is 1.13 bits per heavy atom. The van der Waals surface area contributed by atoms with Gasteiger partial charge >= 0.3 is 0 Å². The van der Waals surface area contributed by atoms with E-state index in [1.807, 2.05) is 38.1 Å². The number of nitrogens with zero attached hydrogens (tertiary/aromatic N) is 2. The first kappa shape index (κ1) is 21.0. The molecule has 0 aliphatic heterocycles. The molecule has 0 spiro atoms. The maximum Gasteiger partial charge on any atom is 0.269 e. The normalized spacial score (nSPS) is 12.0. The SMILES string of the molecule is CC(C)C(NC(=O)CCNC(=O)c1ccc([N+](=O)[O-])cc1)c1nc2ccccc2[nH]1. The number of imidazole rings is 1. The molecule has 0 aliphatic carbocycles. The number of fused-ring (bicyclic) bond motifs is 1. The van der Waals surface area contributed by atoms with Crippen molar-refractivity contribution >= 4 is 28.5 Å². The second-order valence-corrected chi connectivity index (χ2v) is 7.24. The van der Waals surface area contributed by atoms with Crippen molar-refractivity contribution in [1.29, 1.82) is 0 Å². The lowest BCUT2D eigenvalue weighted by molar-refractivity contribution is -0.384. The van der Waals surface area contributed by atoms with Crippen LogP contribution in [0, 0.1) is 16.0 Å². The fourth-order valence-electron chi connectivity index (χ4n) is 3.04. The van der Waals surface area contributed by atoms with Gasteiger partial charge in [-0.05, 0) is 30.2 Å². The zero-order chi connectivity index (χ0) is 21.7. The highest BCUT2D eigenvalue weighted by Crippen LogP contribution is 2.22. The molecule has 1 atom stereocenters. The Bertz CT molecular complexity index is 1030. The molecule has 0 radical (unpaired) electrons. The minimum Gasteiger partial charge on any atom is -0.352 e. The van der Waals surface area contributed by atoms with Crippen LogP contribution in [0.3, 0.4) is 0 Å². The number of aromatic amines is 1. The van der Waals surface area contributed by atoms with Crippen molar-refractivity contribution in [2.75, 3.05) is 6.54 Å². The van der Waals surface area contributed by atoms with Crippen LogP contribution in [0.15, 0.2) is 48.5 Å². The van der Waals surface area contributed by atoms with Crippen LogP contribution in [0.5, 0.6) is 0 Å². The van der Waals surface area contributed by atoms with E-state index >= 15 is 0 Å². The number of amides is 2. The topological polar surface area (TPSA) is 130 Å². The highest BCUT2D eigenvalue weighted by atomic mass is 16.6. The largest absolute Gasteiger partial charge is 0.352 e. The molecule has 3 N–H and O–H groups in total. The average Bonchev–Trinajstić information content (AvgIpc) is 3.15. The van der Waals surface area contributed by atoms with E-state index in [4.69, 9.17) is 0 Å². The Balaban J connectivity index is 1.54. The molecule has 3 aromatic rings. The van der Waals surface area contributed by atoms with Gasteiger partial charge in [-0.3, -0.25) is 19.7 Å². The van der Waals surface area contributed by atoms with E-state index in [2.05, 4.69) is 20.6 Å². The van der Waals surface area contributed by atoms with Gasteiger partial charge in [0.2, 0.25) is 5.91 Å². The quantitative estimate of drug-likeness (QED) is 0.389. The molecule has 0 fully saturated rings. The van der Waals surface area contributed by atoms with Crippen LogP contribution in [0.4, 0.5) is 5.69 Å². The second-order valence-electron chi connectivity index (χ2n) is 7.24. The molecule has 1 unspecified atom stereocenters. The number of hydrogen-bond acceptors (Lipinski definition) is 5. The van der Waals surface area contributed by atoms with Crippen molar-refractivity contribution < 1.29 is 14.5 Å². The minimum atomic E-state index is -0.529. The number of aromatic nitrogens is 2. The van der Waals surface area contributed by atoms with Gasteiger partial charge in [-0.25, -0.2) is 4.98 Å². The lowest BCUT2D eigenvalue weighted by atomic mass is 10.0. The monoisotopic (exact) mass is 409 g/mol. The van der Waals surface area contributed by atoms with E-state index in [-0.39, 0.29) is 36.5 Å². The highest BCUT2D eigenvalue weighted by molar-refractivity contribution is 5.94. The number of nitro benzene ring substituents is 1. The van der Waals surface area contributed by atoms with Crippen LogP contribution >= 0.6 is 0 Å². The summed E-state index contributed by atoms with van der Waals surface area (Å²) in [6.45, 7) is 4.13. The number of para-hydroxylation sites is 2. The highest BCUT2D eigenvalue weighted by Gasteiger charge is 2.21. The zero-order valence-electron chi connectivity index (χ0n) is 16.7. The molecule has 0 saturated heterocycles. The maximum atomic E-state index is 12.4. The molecule has 156 valence electrons. The van der Waals surface area contributed by atoms with Crippen molar-refractivity contribution in [3.8, 4) is 0 Å². The van der Waals surface area contributed by atoms with Gasteiger partial charge in [-0.1, -0.05) is 26.0 Å². The van der Waals surface area contributed by atoms with Gasteiger partial charge in [0.15, 0.2) is 0 Å². The first-order valence-corrected chi connectivity index (χ1v) is 9.62. The van der Waals surface area contributed by atoms with Crippen LogP contribution in [0.1, 0.15) is 42.5 Å². The van der Waals surface area contributed by atoms with Gasteiger partial charge in [0, 0.05) is 30.7 Å². The van der Waals surface area contributed by atoms with Crippen LogP contribution in [0.25, 0.3) is 11.0 Å². The molecule has 1 aromatic heterocycles. The minimum absolute atomic E-state index is 0.0868. The second kappa shape index (κ2) is 9.17. The van der Waals surface area contributed by atoms with Crippen LogP contribution in [0.2, 0.25) is 0 Å². The van der Waals surface area contributed by atoms with Crippen molar-refractivity contribution in [3.05, 3.63) is 70.0 Å². The van der Waals surface area contributed by atoms with Crippen molar-refractivity contribution in [1.82, 2.24) is 20.6 Å². The van der Waals surface area contributed by atoms with Gasteiger partial charge in [0.05, 0.1) is 22.0 Å². The third-order valence-electron chi connectivity index (χ3n) is 4.66. The first-order valence-electron chi connectivity index (χ1n) is 9.62. The number of carbonyl (C=O) groups is 2. The molecule has 3 rings (SSSR count).